The fourth-order valence-electron chi connectivity index (χ4n) is 2.09. The van der Waals surface area contributed by atoms with Gasteiger partial charge in [-0.05, 0) is 37.7 Å². The molecule has 0 aliphatic heterocycles. The number of aryl methyl sites for hydroxylation is 1. The second-order valence-electron chi connectivity index (χ2n) is 4.41. The van der Waals surface area contributed by atoms with Crippen LogP contribution in [-0.4, -0.2) is 29.8 Å². The molecule has 2 atom stereocenters. The van der Waals surface area contributed by atoms with Crippen molar-refractivity contribution in [3.05, 3.63) is 35.4 Å². The van der Waals surface area contributed by atoms with E-state index in [1.807, 2.05) is 11.8 Å². The van der Waals surface area contributed by atoms with Crippen LogP contribution in [0.25, 0.3) is 0 Å². The second kappa shape index (κ2) is 7.75. The summed E-state index contributed by atoms with van der Waals surface area (Å²) in [7, 11) is 0. The smallest absolute Gasteiger partial charge is 0.0446 e. The van der Waals surface area contributed by atoms with Gasteiger partial charge in [0.1, 0.15) is 0 Å². The highest BCUT2D eigenvalue weighted by atomic mass is 32.2. The van der Waals surface area contributed by atoms with Crippen LogP contribution in [-0.2, 0) is 0 Å². The van der Waals surface area contributed by atoms with E-state index in [1.54, 1.807) is 0 Å². The Labute approximate surface area is 109 Å². The summed E-state index contributed by atoms with van der Waals surface area (Å²) in [5.74, 6) is 1.04. The summed E-state index contributed by atoms with van der Waals surface area (Å²) >= 11 is 1.82. The van der Waals surface area contributed by atoms with Gasteiger partial charge >= 0.3 is 0 Å². The SMILES string of the molecule is CSCC(CCO)NC(C)c1ccccc1C. The Balaban J connectivity index is 2.63. The van der Waals surface area contributed by atoms with E-state index < -0.39 is 0 Å². The number of rotatable bonds is 7. The maximum atomic E-state index is 9.05. The van der Waals surface area contributed by atoms with Gasteiger partial charge in [-0.15, -0.1) is 0 Å². The van der Waals surface area contributed by atoms with E-state index in [0.29, 0.717) is 12.1 Å². The fourth-order valence-corrected chi connectivity index (χ4v) is 2.75. The van der Waals surface area contributed by atoms with Gasteiger partial charge in [-0.25, -0.2) is 0 Å². The third kappa shape index (κ3) is 4.70. The minimum atomic E-state index is 0.249. The lowest BCUT2D eigenvalue weighted by atomic mass is 10.0. The highest BCUT2D eigenvalue weighted by Gasteiger charge is 2.13. The number of benzene rings is 1. The first-order chi connectivity index (χ1) is 8.19. The van der Waals surface area contributed by atoms with E-state index in [0.717, 1.165) is 12.2 Å². The van der Waals surface area contributed by atoms with E-state index in [1.165, 1.54) is 11.1 Å². The molecular weight excluding hydrogens is 230 g/mol. The molecule has 0 aromatic heterocycles. The van der Waals surface area contributed by atoms with Crippen LogP contribution in [0.15, 0.2) is 24.3 Å². The summed E-state index contributed by atoms with van der Waals surface area (Å²) in [6, 6.07) is 9.17. The summed E-state index contributed by atoms with van der Waals surface area (Å²) in [5, 5.41) is 12.6. The lowest BCUT2D eigenvalue weighted by Gasteiger charge is -2.23. The van der Waals surface area contributed by atoms with Crippen molar-refractivity contribution in [3.63, 3.8) is 0 Å². The van der Waals surface area contributed by atoms with E-state index in [4.69, 9.17) is 5.11 Å². The van der Waals surface area contributed by atoms with Gasteiger partial charge < -0.3 is 10.4 Å². The highest BCUT2D eigenvalue weighted by molar-refractivity contribution is 7.98. The van der Waals surface area contributed by atoms with Gasteiger partial charge in [0.25, 0.3) is 0 Å². The van der Waals surface area contributed by atoms with E-state index in [-0.39, 0.29) is 6.61 Å². The van der Waals surface area contributed by atoms with E-state index in [9.17, 15) is 0 Å². The molecule has 0 heterocycles. The number of nitrogens with one attached hydrogen (secondary N) is 1. The standard InChI is InChI=1S/C14H23NOS/c1-11-6-4-5-7-14(11)12(2)15-13(8-9-16)10-17-3/h4-7,12-13,15-16H,8-10H2,1-3H3. The fraction of sp³-hybridized carbons (Fsp3) is 0.571. The lowest BCUT2D eigenvalue weighted by molar-refractivity contribution is 0.265. The third-order valence-corrected chi connectivity index (χ3v) is 3.72. The van der Waals surface area contributed by atoms with Crippen LogP contribution in [0, 0.1) is 6.92 Å². The van der Waals surface area contributed by atoms with Gasteiger partial charge in [0, 0.05) is 24.4 Å². The second-order valence-corrected chi connectivity index (χ2v) is 5.32. The zero-order chi connectivity index (χ0) is 12.7. The number of thioether (sulfide) groups is 1. The van der Waals surface area contributed by atoms with Crippen LogP contribution in [0.4, 0.5) is 0 Å². The number of hydrogen-bond donors (Lipinski definition) is 2. The molecule has 0 fully saturated rings. The zero-order valence-electron chi connectivity index (χ0n) is 10.9. The number of aliphatic hydroxyl groups is 1. The van der Waals surface area contributed by atoms with Crippen molar-refractivity contribution in [2.24, 2.45) is 0 Å². The van der Waals surface area contributed by atoms with Gasteiger partial charge in [0.2, 0.25) is 0 Å². The van der Waals surface area contributed by atoms with Gasteiger partial charge in [0.05, 0.1) is 0 Å². The molecule has 0 spiro atoms. The molecule has 0 amide bonds. The van der Waals surface area contributed by atoms with Crippen LogP contribution in [0.5, 0.6) is 0 Å². The van der Waals surface area contributed by atoms with Crippen LogP contribution < -0.4 is 5.32 Å². The summed E-state index contributed by atoms with van der Waals surface area (Å²) in [6.07, 6.45) is 2.92. The summed E-state index contributed by atoms with van der Waals surface area (Å²) in [4.78, 5) is 0. The van der Waals surface area contributed by atoms with Crippen molar-refractivity contribution >= 4 is 11.8 Å². The molecular formula is C14H23NOS. The Morgan fingerprint density at radius 3 is 2.65 bits per heavy atom. The monoisotopic (exact) mass is 253 g/mol. The first-order valence-electron chi connectivity index (χ1n) is 6.10. The Hall–Kier alpha value is -0.510. The molecule has 0 saturated carbocycles. The molecule has 0 aliphatic carbocycles. The Bertz CT molecular complexity index is 324. The Kier molecular flexibility index (Phi) is 6.63. The van der Waals surface area contributed by atoms with Crippen molar-refractivity contribution < 1.29 is 5.11 Å². The summed E-state index contributed by atoms with van der Waals surface area (Å²) < 4.78 is 0. The lowest BCUT2D eigenvalue weighted by Crippen LogP contribution is -2.34. The highest BCUT2D eigenvalue weighted by Crippen LogP contribution is 2.18. The van der Waals surface area contributed by atoms with Crippen LogP contribution in [0.1, 0.15) is 30.5 Å². The molecule has 96 valence electrons. The number of hydrogen-bond acceptors (Lipinski definition) is 3. The average molecular weight is 253 g/mol. The first-order valence-corrected chi connectivity index (χ1v) is 7.49. The molecule has 2 nitrogen and oxygen atoms in total. The van der Waals surface area contributed by atoms with E-state index in [2.05, 4.69) is 49.7 Å². The van der Waals surface area contributed by atoms with Crippen LogP contribution in [0.2, 0.25) is 0 Å². The quantitative estimate of drug-likeness (QED) is 0.784. The minimum Gasteiger partial charge on any atom is -0.396 e. The molecule has 0 radical (unpaired) electrons. The topological polar surface area (TPSA) is 32.3 Å². The molecule has 1 aromatic rings. The molecule has 0 bridgehead atoms. The molecule has 3 heteroatoms. The summed E-state index contributed by atoms with van der Waals surface area (Å²) in [5.41, 5.74) is 2.66. The predicted octanol–water partition coefficient (Wildman–Crippen LogP) is 2.76. The maximum absolute atomic E-state index is 9.05. The third-order valence-electron chi connectivity index (χ3n) is 2.99. The largest absolute Gasteiger partial charge is 0.396 e. The molecule has 1 aromatic carbocycles. The molecule has 0 saturated heterocycles. The molecule has 1 rings (SSSR count). The Morgan fingerprint density at radius 1 is 1.35 bits per heavy atom. The van der Waals surface area contributed by atoms with Gasteiger partial charge in [-0.1, -0.05) is 24.3 Å². The average Bonchev–Trinajstić information content (AvgIpc) is 2.30. The van der Waals surface area contributed by atoms with Crippen molar-refractivity contribution in [2.45, 2.75) is 32.4 Å². The zero-order valence-corrected chi connectivity index (χ0v) is 11.8. The van der Waals surface area contributed by atoms with Gasteiger partial charge in [-0.2, -0.15) is 11.8 Å². The van der Waals surface area contributed by atoms with Crippen molar-refractivity contribution in [1.82, 2.24) is 5.32 Å². The van der Waals surface area contributed by atoms with Crippen molar-refractivity contribution in [2.75, 3.05) is 18.6 Å². The minimum absolute atomic E-state index is 0.249. The van der Waals surface area contributed by atoms with Crippen LogP contribution >= 0.6 is 11.8 Å². The maximum Gasteiger partial charge on any atom is 0.0446 e. The summed E-state index contributed by atoms with van der Waals surface area (Å²) in [6.45, 7) is 4.58. The van der Waals surface area contributed by atoms with Gasteiger partial charge in [-0.3, -0.25) is 0 Å². The molecule has 17 heavy (non-hydrogen) atoms. The van der Waals surface area contributed by atoms with Crippen molar-refractivity contribution in [3.8, 4) is 0 Å². The predicted molar refractivity (Wildman–Crippen MR) is 76.6 cm³/mol. The van der Waals surface area contributed by atoms with Crippen LogP contribution in [0.3, 0.4) is 0 Å². The molecule has 2 unspecified atom stereocenters. The molecule has 2 N–H and O–H groups in total. The Morgan fingerprint density at radius 2 is 2.06 bits per heavy atom. The first kappa shape index (κ1) is 14.6. The molecule has 0 aliphatic rings. The number of aliphatic hydroxyl groups excluding tert-OH is 1. The van der Waals surface area contributed by atoms with Gasteiger partial charge in [0.15, 0.2) is 0 Å². The van der Waals surface area contributed by atoms with E-state index >= 15 is 0 Å². The normalized spacial score (nSPS) is 14.6. The van der Waals surface area contributed by atoms with Crippen molar-refractivity contribution in [1.29, 1.82) is 0 Å².